The fourth-order valence-electron chi connectivity index (χ4n) is 2.95. The Morgan fingerprint density at radius 3 is 2.72 bits per heavy atom. The van der Waals surface area contributed by atoms with E-state index >= 15 is 0 Å². The Morgan fingerprint density at radius 2 is 1.90 bits per heavy atom. The van der Waals surface area contributed by atoms with Crippen molar-refractivity contribution in [2.24, 2.45) is 0 Å². The van der Waals surface area contributed by atoms with Crippen LogP contribution in [0.2, 0.25) is 0 Å². The van der Waals surface area contributed by atoms with E-state index in [1.54, 1.807) is 49.8 Å². The minimum atomic E-state index is -0.829. The molecule has 29 heavy (non-hydrogen) atoms. The second kappa shape index (κ2) is 7.47. The van der Waals surface area contributed by atoms with Crippen LogP contribution in [0.1, 0.15) is 10.4 Å². The number of aromatic hydroxyl groups is 1. The number of methoxy groups -OCH3 is 1. The number of nitrogens with zero attached hydrogens (tertiary/aromatic N) is 1. The molecule has 2 heterocycles. The first kappa shape index (κ1) is 18.2. The van der Waals surface area contributed by atoms with E-state index < -0.39 is 11.5 Å². The number of nitrogens with one attached hydrogen (secondary N) is 1. The van der Waals surface area contributed by atoms with Gasteiger partial charge in [-0.25, -0.2) is 4.79 Å². The SMILES string of the molecule is COc1cncc(-c2cccc(NC(=O)c3cc4cccc(O)c4oc3=O)c2)c1. The van der Waals surface area contributed by atoms with Gasteiger partial charge in [0.25, 0.3) is 5.91 Å². The van der Waals surface area contributed by atoms with E-state index in [1.165, 1.54) is 12.1 Å². The smallest absolute Gasteiger partial charge is 0.349 e. The van der Waals surface area contributed by atoms with E-state index in [2.05, 4.69) is 10.3 Å². The number of hydrogen-bond donors (Lipinski definition) is 2. The van der Waals surface area contributed by atoms with Gasteiger partial charge in [0.2, 0.25) is 0 Å². The molecule has 0 unspecified atom stereocenters. The fourth-order valence-corrected chi connectivity index (χ4v) is 2.95. The van der Waals surface area contributed by atoms with Crippen molar-refractivity contribution < 1.29 is 19.1 Å². The number of phenolic OH excluding ortho intramolecular Hbond substituents is 1. The third-order valence-corrected chi connectivity index (χ3v) is 4.39. The first-order valence-corrected chi connectivity index (χ1v) is 8.72. The summed E-state index contributed by atoms with van der Waals surface area (Å²) in [5.74, 6) is -0.148. The maximum atomic E-state index is 12.6. The molecule has 2 aromatic heterocycles. The highest BCUT2D eigenvalue weighted by Crippen LogP contribution is 2.26. The molecule has 0 saturated carbocycles. The van der Waals surface area contributed by atoms with Gasteiger partial charge in [0.1, 0.15) is 11.3 Å². The summed E-state index contributed by atoms with van der Waals surface area (Å²) < 4.78 is 10.3. The Balaban J connectivity index is 1.64. The Bertz CT molecular complexity index is 1280. The molecular weight excluding hydrogens is 372 g/mol. The van der Waals surface area contributed by atoms with Gasteiger partial charge in [0.15, 0.2) is 11.3 Å². The van der Waals surface area contributed by atoms with Crippen LogP contribution in [-0.2, 0) is 0 Å². The normalized spacial score (nSPS) is 10.7. The van der Waals surface area contributed by atoms with Crippen molar-refractivity contribution in [1.82, 2.24) is 4.98 Å². The molecule has 0 fully saturated rings. The molecule has 0 radical (unpaired) electrons. The molecule has 2 N–H and O–H groups in total. The third-order valence-electron chi connectivity index (χ3n) is 4.39. The molecular formula is C22H16N2O5. The van der Waals surface area contributed by atoms with Crippen LogP contribution in [0.15, 0.2) is 76.2 Å². The number of aromatic nitrogens is 1. The van der Waals surface area contributed by atoms with Crippen LogP contribution < -0.4 is 15.7 Å². The summed E-state index contributed by atoms with van der Waals surface area (Å²) in [6.45, 7) is 0. The maximum Gasteiger partial charge on any atom is 0.349 e. The third kappa shape index (κ3) is 3.66. The van der Waals surface area contributed by atoms with Gasteiger partial charge < -0.3 is 19.6 Å². The molecule has 0 saturated heterocycles. The van der Waals surface area contributed by atoms with Gasteiger partial charge in [0, 0.05) is 22.8 Å². The van der Waals surface area contributed by atoms with Crippen LogP contribution in [0, 0.1) is 0 Å². The number of carbonyl (C=O) groups excluding carboxylic acids is 1. The predicted octanol–water partition coefficient (Wildman–Crippen LogP) is 3.82. The zero-order valence-electron chi connectivity index (χ0n) is 15.4. The van der Waals surface area contributed by atoms with Gasteiger partial charge in [-0.05, 0) is 35.9 Å². The molecule has 0 aliphatic heterocycles. The standard InChI is InChI=1S/C22H16N2O5/c1-28-17-9-15(11-23-12-17)13-4-2-6-16(8-13)24-21(26)18-10-14-5-3-7-19(25)20(14)29-22(18)27/h2-12,25H,1H3,(H,24,26). The van der Waals surface area contributed by atoms with Crippen molar-refractivity contribution in [2.75, 3.05) is 12.4 Å². The van der Waals surface area contributed by atoms with E-state index in [-0.39, 0.29) is 16.9 Å². The lowest BCUT2D eigenvalue weighted by atomic mass is 10.1. The molecule has 0 bridgehead atoms. The van der Waals surface area contributed by atoms with Gasteiger partial charge >= 0.3 is 5.63 Å². The van der Waals surface area contributed by atoms with Crippen LogP contribution >= 0.6 is 0 Å². The Kier molecular flexibility index (Phi) is 4.70. The highest BCUT2D eigenvalue weighted by Gasteiger charge is 2.15. The maximum absolute atomic E-state index is 12.6. The number of rotatable bonds is 4. The van der Waals surface area contributed by atoms with Crippen LogP contribution in [0.4, 0.5) is 5.69 Å². The predicted molar refractivity (Wildman–Crippen MR) is 108 cm³/mol. The highest BCUT2D eigenvalue weighted by atomic mass is 16.5. The van der Waals surface area contributed by atoms with Crippen LogP contribution in [-0.4, -0.2) is 23.1 Å². The quantitative estimate of drug-likeness (QED) is 0.515. The number of benzene rings is 2. The number of amides is 1. The monoisotopic (exact) mass is 388 g/mol. The minimum absolute atomic E-state index is 0.0431. The molecule has 4 aromatic rings. The summed E-state index contributed by atoms with van der Waals surface area (Å²) in [4.78, 5) is 29.0. The Hall–Kier alpha value is -4.13. The van der Waals surface area contributed by atoms with Crippen molar-refractivity contribution >= 4 is 22.6 Å². The molecule has 0 atom stereocenters. The average Bonchev–Trinajstić information content (AvgIpc) is 2.74. The lowest BCUT2D eigenvalue weighted by molar-refractivity contribution is 0.102. The lowest BCUT2D eigenvalue weighted by Crippen LogP contribution is -2.20. The molecule has 1 amide bonds. The molecule has 2 aromatic carbocycles. The van der Waals surface area contributed by atoms with Crippen molar-refractivity contribution in [3.8, 4) is 22.6 Å². The summed E-state index contributed by atoms with van der Waals surface area (Å²) >= 11 is 0. The zero-order chi connectivity index (χ0) is 20.4. The number of fused-ring (bicyclic) bond motifs is 1. The second-order valence-corrected chi connectivity index (χ2v) is 6.29. The topological polar surface area (TPSA) is 102 Å². The number of phenols is 1. The molecule has 144 valence electrons. The lowest BCUT2D eigenvalue weighted by Gasteiger charge is -2.09. The first-order valence-electron chi connectivity index (χ1n) is 8.72. The van der Waals surface area contributed by atoms with Crippen molar-refractivity contribution in [3.05, 3.63) is 83.0 Å². The van der Waals surface area contributed by atoms with E-state index in [0.717, 1.165) is 11.1 Å². The summed E-state index contributed by atoms with van der Waals surface area (Å²) in [5, 5.41) is 12.9. The van der Waals surface area contributed by atoms with Crippen molar-refractivity contribution in [2.45, 2.75) is 0 Å². The van der Waals surface area contributed by atoms with Gasteiger partial charge in [-0.2, -0.15) is 0 Å². The van der Waals surface area contributed by atoms with E-state index in [0.29, 0.717) is 16.8 Å². The van der Waals surface area contributed by atoms with Crippen LogP contribution in [0.3, 0.4) is 0 Å². The largest absolute Gasteiger partial charge is 0.504 e. The summed E-state index contributed by atoms with van der Waals surface area (Å²) in [6.07, 6.45) is 3.29. The van der Waals surface area contributed by atoms with Gasteiger partial charge in [0.05, 0.1) is 13.3 Å². The number of pyridine rings is 1. The number of carbonyl (C=O) groups is 1. The van der Waals surface area contributed by atoms with Gasteiger partial charge in [-0.1, -0.05) is 24.3 Å². The van der Waals surface area contributed by atoms with Gasteiger partial charge in [-0.3, -0.25) is 9.78 Å². The highest BCUT2D eigenvalue weighted by molar-refractivity contribution is 6.05. The average molecular weight is 388 g/mol. The minimum Gasteiger partial charge on any atom is -0.504 e. The molecule has 0 aliphatic carbocycles. The Morgan fingerprint density at radius 1 is 1.07 bits per heavy atom. The second-order valence-electron chi connectivity index (χ2n) is 6.29. The number of para-hydroxylation sites is 1. The van der Waals surface area contributed by atoms with Crippen molar-refractivity contribution in [1.29, 1.82) is 0 Å². The van der Waals surface area contributed by atoms with Crippen LogP contribution in [0.5, 0.6) is 11.5 Å². The summed E-state index contributed by atoms with van der Waals surface area (Å²) in [6, 6.07) is 15.0. The van der Waals surface area contributed by atoms with Gasteiger partial charge in [-0.15, -0.1) is 0 Å². The molecule has 7 heteroatoms. The molecule has 0 aliphatic rings. The summed E-state index contributed by atoms with van der Waals surface area (Å²) in [7, 11) is 1.56. The number of ether oxygens (including phenoxy) is 1. The molecule has 7 nitrogen and oxygen atoms in total. The number of anilines is 1. The summed E-state index contributed by atoms with van der Waals surface area (Å²) in [5.41, 5.74) is 1.21. The van der Waals surface area contributed by atoms with E-state index in [9.17, 15) is 14.7 Å². The first-order chi connectivity index (χ1) is 14.0. The number of hydrogen-bond acceptors (Lipinski definition) is 6. The van der Waals surface area contributed by atoms with E-state index in [4.69, 9.17) is 9.15 Å². The zero-order valence-corrected chi connectivity index (χ0v) is 15.4. The molecule has 4 rings (SSSR count). The van der Waals surface area contributed by atoms with E-state index in [1.807, 2.05) is 12.1 Å². The Labute approximate surface area is 165 Å². The van der Waals surface area contributed by atoms with Crippen molar-refractivity contribution in [3.63, 3.8) is 0 Å². The van der Waals surface area contributed by atoms with Crippen LogP contribution in [0.25, 0.3) is 22.1 Å². The fraction of sp³-hybridized carbons (Fsp3) is 0.0455. The molecule has 0 spiro atoms.